The predicted molar refractivity (Wildman–Crippen MR) is 56.2 cm³/mol. The molecule has 0 aliphatic heterocycles. The summed E-state index contributed by atoms with van der Waals surface area (Å²) in [4.78, 5) is 11.2. The number of hydrogen-bond acceptors (Lipinski definition) is 3. The van der Waals surface area contributed by atoms with Gasteiger partial charge in [0, 0.05) is 32.0 Å². The highest BCUT2D eigenvalue weighted by atomic mass is 16.2. The molecule has 5 nitrogen and oxygen atoms in total. The SMILES string of the molecule is O=C(CCCCO)NCCn1cccn1. The molecule has 0 saturated heterocycles. The van der Waals surface area contributed by atoms with Crippen LogP contribution in [0.5, 0.6) is 0 Å². The third-order valence-corrected chi connectivity index (χ3v) is 2.03. The molecular weight excluding hydrogens is 194 g/mol. The third-order valence-electron chi connectivity index (χ3n) is 2.03. The Morgan fingerprint density at radius 3 is 3.00 bits per heavy atom. The van der Waals surface area contributed by atoms with Gasteiger partial charge in [-0.25, -0.2) is 0 Å². The zero-order chi connectivity index (χ0) is 10.9. The molecule has 15 heavy (non-hydrogen) atoms. The second kappa shape index (κ2) is 7.00. The van der Waals surface area contributed by atoms with Crippen LogP contribution >= 0.6 is 0 Å². The van der Waals surface area contributed by atoms with Crippen LogP contribution in [0, 0.1) is 0 Å². The van der Waals surface area contributed by atoms with E-state index in [-0.39, 0.29) is 12.5 Å². The number of carbonyl (C=O) groups is 1. The number of nitrogens with one attached hydrogen (secondary N) is 1. The lowest BCUT2D eigenvalue weighted by atomic mass is 10.2. The minimum Gasteiger partial charge on any atom is -0.396 e. The Kier molecular flexibility index (Phi) is 5.47. The van der Waals surface area contributed by atoms with Crippen molar-refractivity contribution in [2.24, 2.45) is 0 Å². The van der Waals surface area contributed by atoms with Gasteiger partial charge in [-0.15, -0.1) is 0 Å². The summed E-state index contributed by atoms with van der Waals surface area (Å²) >= 11 is 0. The number of aliphatic hydroxyl groups is 1. The van der Waals surface area contributed by atoms with Gasteiger partial charge in [0.2, 0.25) is 5.91 Å². The van der Waals surface area contributed by atoms with Gasteiger partial charge in [0.15, 0.2) is 0 Å². The molecule has 0 saturated carbocycles. The fraction of sp³-hybridized carbons (Fsp3) is 0.600. The van der Waals surface area contributed by atoms with Crippen molar-refractivity contribution in [3.05, 3.63) is 18.5 Å². The maximum atomic E-state index is 11.2. The summed E-state index contributed by atoms with van der Waals surface area (Å²) in [6, 6.07) is 1.85. The third kappa shape index (κ3) is 5.17. The monoisotopic (exact) mass is 211 g/mol. The van der Waals surface area contributed by atoms with E-state index in [0.29, 0.717) is 25.9 Å². The van der Waals surface area contributed by atoms with E-state index >= 15 is 0 Å². The smallest absolute Gasteiger partial charge is 0.220 e. The van der Waals surface area contributed by atoms with Crippen molar-refractivity contribution in [1.82, 2.24) is 15.1 Å². The van der Waals surface area contributed by atoms with E-state index in [4.69, 9.17) is 5.11 Å². The van der Waals surface area contributed by atoms with Crippen molar-refractivity contribution in [2.45, 2.75) is 25.8 Å². The molecular formula is C10H17N3O2. The van der Waals surface area contributed by atoms with Gasteiger partial charge >= 0.3 is 0 Å². The topological polar surface area (TPSA) is 67.2 Å². The normalized spacial score (nSPS) is 10.2. The molecule has 1 aromatic heterocycles. The Morgan fingerprint density at radius 2 is 2.33 bits per heavy atom. The first-order valence-corrected chi connectivity index (χ1v) is 5.18. The number of unbranched alkanes of at least 4 members (excludes halogenated alkanes) is 1. The molecule has 1 heterocycles. The van der Waals surface area contributed by atoms with Crippen LogP contribution in [0.25, 0.3) is 0 Å². The van der Waals surface area contributed by atoms with Crippen LogP contribution in [0.15, 0.2) is 18.5 Å². The van der Waals surface area contributed by atoms with E-state index in [1.54, 1.807) is 10.9 Å². The number of nitrogens with zero attached hydrogens (tertiary/aromatic N) is 2. The Balaban J connectivity index is 2.02. The summed E-state index contributed by atoms with van der Waals surface area (Å²) < 4.78 is 1.77. The Morgan fingerprint density at radius 1 is 1.47 bits per heavy atom. The first-order valence-electron chi connectivity index (χ1n) is 5.18. The highest BCUT2D eigenvalue weighted by molar-refractivity contribution is 5.75. The predicted octanol–water partition coefficient (Wildman–Crippen LogP) is 0.162. The van der Waals surface area contributed by atoms with Crippen molar-refractivity contribution in [3.63, 3.8) is 0 Å². The molecule has 1 aromatic rings. The van der Waals surface area contributed by atoms with Crippen molar-refractivity contribution < 1.29 is 9.90 Å². The highest BCUT2D eigenvalue weighted by Crippen LogP contribution is 1.93. The minimum absolute atomic E-state index is 0.0376. The number of aliphatic hydroxyl groups excluding tert-OH is 1. The van der Waals surface area contributed by atoms with E-state index in [2.05, 4.69) is 10.4 Å². The summed E-state index contributed by atoms with van der Waals surface area (Å²) in [6.07, 6.45) is 5.48. The van der Waals surface area contributed by atoms with Crippen LogP contribution in [0.4, 0.5) is 0 Å². The van der Waals surface area contributed by atoms with E-state index in [1.807, 2.05) is 12.3 Å². The largest absolute Gasteiger partial charge is 0.396 e. The van der Waals surface area contributed by atoms with Gasteiger partial charge in [-0.3, -0.25) is 9.48 Å². The summed E-state index contributed by atoms with van der Waals surface area (Å²) in [7, 11) is 0. The summed E-state index contributed by atoms with van der Waals surface area (Å²) in [6.45, 7) is 1.44. The van der Waals surface area contributed by atoms with E-state index in [9.17, 15) is 4.79 Å². The second-order valence-electron chi connectivity index (χ2n) is 3.30. The maximum absolute atomic E-state index is 11.2. The van der Waals surface area contributed by atoms with Crippen LogP contribution < -0.4 is 5.32 Å². The Hall–Kier alpha value is -1.36. The lowest BCUT2D eigenvalue weighted by molar-refractivity contribution is -0.121. The van der Waals surface area contributed by atoms with Gasteiger partial charge in [-0.1, -0.05) is 0 Å². The Bertz CT molecular complexity index is 272. The molecule has 0 spiro atoms. The minimum atomic E-state index is 0.0376. The molecule has 0 aliphatic carbocycles. The number of hydrogen-bond donors (Lipinski definition) is 2. The zero-order valence-electron chi connectivity index (χ0n) is 8.72. The van der Waals surface area contributed by atoms with Crippen LogP contribution in [-0.2, 0) is 11.3 Å². The lowest BCUT2D eigenvalue weighted by Crippen LogP contribution is -2.27. The van der Waals surface area contributed by atoms with Gasteiger partial charge in [-0.2, -0.15) is 5.10 Å². The average Bonchev–Trinajstić information content (AvgIpc) is 2.71. The maximum Gasteiger partial charge on any atom is 0.220 e. The lowest BCUT2D eigenvalue weighted by Gasteiger charge is -2.04. The van der Waals surface area contributed by atoms with E-state index in [0.717, 1.165) is 6.42 Å². The van der Waals surface area contributed by atoms with Crippen molar-refractivity contribution in [1.29, 1.82) is 0 Å². The first-order chi connectivity index (χ1) is 7.33. The van der Waals surface area contributed by atoms with Gasteiger partial charge in [0.25, 0.3) is 0 Å². The molecule has 0 bridgehead atoms. The van der Waals surface area contributed by atoms with Gasteiger partial charge < -0.3 is 10.4 Å². The molecule has 0 aliphatic rings. The number of aromatic nitrogens is 2. The summed E-state index contributed by atoms with van der Waals surface area (Å²) in [5.74, 6) is 0.0376. The van der Waals surface area contributed by atoms with Crippen LogP contribution in [0.2, 0.25) is 0 Å². The van der Waals surface area contributed by atoms with Gasteiger partial charge in [-0.05, 0) is 18.9 Å². The fourth-order valence-corrected chi connectivity index (χ4v) is 1.23. The molecule has 1 rings (SSSR count). The van der Waals surface area contributed by atoms with Gasteiger partial charge in [0.1, 0.15) is 0 Å². The Labute approximate surface area is 89.1 Å². The zero-order valence-corrected chi connectivity index (χ0v) is 8.72. The number of amides is 1. The van der Waals surface area contributed by atoms with E-state index in [1.165, 1.54) is 0 Å². The molecule has 0 radical (unpaired) electrons. The van der Waals surface area contributed by atoms with E-state index < -0.39 is 0 Å². The summed E-state index contributed by atoms with van der Waals surface area (Å²) in [5, 5.41) is 15.4. The fourth-order valence-electron chi connectivity index (χ4n) is 1.23. The van der Waals surface area contributed by atoms with Crippen molar-refractivity contribution >= 4 is 5.91 Å². The first kappa shape index (κ1) is 11.7. The molecule has 5 heteroatoms. The highest BCUT2D eigenvalue weighted by Gasteiger charge is 1.99. The molecule has 1 amide bonds. The molecule has 0 unspecified atom stereocenters. The standard InChI is InChI=1S/C10H17N3O2/c14-9-2-1-4-10(15)11-6-8-13-7-3-5-12-13/h3,5,7,14H,1-2,4,6,8-9H2,(H,11,15). The molecule has 84 valence electrons. The van der Waals surface area contributed by atoms with Crippen molar-refractivity contribution in [3.8, 4) is 0 Å². The summed E-state index contributed by atoms with van der Waals surface area (Å²) in [5.41, 5.74) is 0. The molecule has 2 N–H and O–H groups in total. The van der Waals surface area contributed by atoms with Crippen molar-refractivity contribution in [2.75, 3.05) is 13.2 Å². The second-order valence-corrected chi connectivity index (χ2v) is 3.30. The molecule has 0 aromatic carbocycles. The average molecular weight is 211 g/mol. The van der Waals surface area contributed by atoms with Gasteiger partial charge in [0.05, 0.1) is 6.54 Å². The van der Waals surface area contributed by atoms with Crippen LogP contribution in [-0.4, -0.2) is 33.9 Å². The van der Waals surface area contributed by atoms with Crippen LogP contribution in [0.3, 0.4) is 0 Å². The molecule has 0 atom stereocenters. The quantitative estimate of drug-likeness (QED) is 0.631. The number of rotatable bonds is 7. The number of carbonyl (C=O) groups excluding carboxylic acids is 1. The van der Waals surface area contributed by atoms with Crippen LogP contribution in [0.1, 0.15) is 19.3 Å². The molecule has 0 fully saturated rings.